The molecule has 1 saturated heterocycles. The highest BCUT2D eigenvalue weighted by Gasteiger charge is 2.26. The Hall–Kier alpha value is -2.57. The Morgan fingerprint density at radius 1 is 1.07 bits per heavy atom. The van der Waals surface area contributed by atoms with Gasteiger partial charge in [0, 0.05) is 32.2 Å². The van der Waals surface area contributed by atoms with E-state index in [4.69, 9.17) is 4.74 Å². The second kappa shape index (κ2) is 8.88. The molecular formula is C20H27N3O4. The zero-order valence-electron chi connectivity index (χ0n) is 15.8. The van der Waals surface area contributed by atoms with Gasteiger partial charge in [-0.25, -0.2) is 4.79 Å². The molecule has 2 heterocycles. The topological polar surface area (TPSA) is 79.0 Å². The Labute approximate surface area is 159 Å². The lowest BCUT2D eigenvalue weighted by atomic mass is 9.99. The Balaban J connectivity index is 1.42. The van der Waals surface area contributed by atoms with Crippen molar-refractivity contribution in [2.45, 2.75) is 45.2 Å². The van der Waals surface area contributed by atoms with Crippen LogP contribution in [0.4, 0.5) is 4.79 Å². The number of rotatable bonds is 4. The fourth-order valence-electron chi connectivity index (χ4n) is 3.66. The van der Waals surface area contributed by atoms with E-state index in [1.54, 1.807) is 16.7 Å². The number of fused-ring (bicyclic) bond motifs is 1. The van der Waals surface area contributed by atoms with Crippen molar-refractivity contribution in [1.82, 2.24) is 15.1 Å². The average Bonchev–Trinajstić information content (AvgIpc) is 2.68. The van der Waals surface area contributed by atoms with Crippen molar-refractivity contribution in [2.24, 2.45) is 0 Å². The van der Waals surface area contributed by atoms with Gasteiger partial charge in [0.15, 0.2) is 0 Å². The molecule has 3 amide bonds. The number of carbonyl (C=O) groups excluding carboxylic acids is 3. The first kappa shape index (κ1) is 19.2. The van der Waals surface area contributed by atoms with Gasteiger partial charge in [0.1, 0.15) is 6.42 Å². The maximum atomic E-state index is 12.5. The van der Waals surface area contributed by atoms with Crippen LogP contribution in [0.1, 0.15) is 37.3 Å². The molecule has 146 valence electrons. The number of amides is 3. The van der Waals surface area contributed by atoms with E-state index in [0.29, 0.717) is 45.6 Å². The highest BCUT2D eigenvalue weighted by Crippen LogP contribution is 2.19. The standard InChI is InChI=1S/C20H27N3O4/c1-2-27-20(26)22-11-8-17(9-12-22)21-18(24)13-19(25)23-10-7-15-5-3-4-6-16(15)14-23/h3-6,17H,2,7-14H2,1H3,(H,21,24). The summed E-state index contributed by atoms with van der Waals surface area (Å²) in [5.41, 5.74) is 2.43. The van der Waals surface area contributed by atoms with Crippen LogP contribution in [0.5, 0.6) is 0 Å². The lowest BCUT2D eigenvalue weighted by molar-refractivity contribution is -0.137. The molecule has 1 N–H and O–H groups in total. The van der Waals surface area contributed by atoms with Gasteiger partial charge in [0.05, 0.1) is 6.61 Å². The number of nitrogens with one attached hydrogen (secondary N) is 1. The van der Waals surface area contributed by atoms with E-state index in [2.05, 4.69) is 11.4 Å². The van der Waals surface area contributed by atoms with Crippen molar-refractivity contribution >= 4 is 17.9 Å². The molecule has 2 aliphatic heterocycles. The molecule has 27 heavy (non-hydrogen) atoms. The Kier molecular flexibility index (Phi) is 6.32. The smallest absolute Gasteiger partial charge is 0.409 e. The van der Waals surface area contributed by atoms with Crippen LogP contribution >= 0.6 is 0 Å². The van der Waals surface area contributed by atoms with E-state index in [9.17, 15) is 14.4 Å². The molecule has 0 aromatic heterocycles. The summed E-state index contributed by atoms with van der Waals surface area (Å²) < 4.78 is 4.99. The fourth-order valence-corrected chi connectivity index (χ4v) is 3.66. The molecule has 7 nitrogen and oxygen atoms in total. The second-order valence-corrected chi connectivity index (χ2v) is 7.04. The van der Waals surface area contributed by atoms with Crippen LogP contribution in [-0.2, 0) is 27.3 Å². The number of hydrogen-bond acceptors (Lipinski definition) is 4. The summed E-state index contributed by atoms with van der Waals surface area (Å²) in [5.74, 6) is -0.376. The molecular weight excluding hydrogens is 346 g/mol. The minimum atomic E-state index is -0.303. The molecule has 0 atom stereocenters. The van der Waals surface area contributed by atoms with Gasteiger partial charge in [-0.2, -0.15) is 0 Å². The molecule has 0 spiro atoms. The fraction of sp³-hybridized carbons (Fsp3) is 0.550. The molecule has 0 radical (unpaired) electrons. The summed E-state index contributed by atoms with van der Waals surface area (Å²) in [7, 11) is 0. The molecule has 7 heteroatoms. The molecule has 1 aromatic carbocycles. The highest BCUT2D eigenvalue weighted by molar-refractivity contribution is 5.97. The normalized spacial score (nSPS) is 17.2. The van der Waals surface area contributed by atoms with Gasteiger partial charge in [-0.3, -0.25) is 9.59 Å². The first-order valence-corrected chi connectivity index (χ1v) is 9.62. The maximum absolute atomic E-state index is 12.5. The van der Waals surface area contributed by atoms with Gasteiger partial charge in [0.25, 0.3) is 0 Å². The van der Waals surface area contributed by atoms with E-state index < -0.39 is 0 Å². The minimum absolute atomic E-state index is 0.00180. The first-order valence-electron chi connectivity index (χ1n) is 9.62. The van der Waals surface area contributed by atoms with Crippen molar-refractivity contribution in [3.8, 4) is 0 Å². The van der Waals surface area contributed by atoms with Crippen molar-refractivity contribution in [2.75, 3.05) is 26.2 Å². The number of nitrogens with zero attached hydrogens (tertiary/aromatic N) is 2. The van der Waals surface area contributed by atoms with Crippen LogP contribution in [-0.4, -0.2) is 60.0 Å². The highest BCUT2D eigenvalue weighted by atomic mass is 16.6. The lowest BCUT2D eigenvalue weighted by Gasteiger charge is -2.32. The summed E-state index contributed by atoms with van der Waals surface area (Å²) in [6.45, 7) is 4.48. The van der Waals surface area contributed by atoms with E-state index in [1.165, 1.54) is 5.56 Å². The molecule has 0 bridgehead atoms. The Morgan fingerprint density at radius 2 is 1.78 bits per heavy atom. The van der Waals surface area contributed by atoms with Crippen molar-refractivity contribution in [3.63, 3.8) is 0 Å². The molecule has 2 aliphatic rings. The molecule has 1 aromatic rings. The third kappa shape index (κ3) is 4.99. The summed E-state index contributed by atoms with van der Waals surface area (Å²) >= 11 is 0. The quantitative estimate of drug-likeness (QED) is 0.815. The minimum Gasteiger partial charge on any atom is -0.450 e. The number of ether oxygens (including phenoxy) is 1. The zero-order chi connectivity index (χ0) is 19.2. The zero-order valence-corrected chi connectivity index (χ0v) is 15.8. The van der Waals surface area contributed by atoms with Gasteiger partial charge >= 0.3 is 6.09 Å². The third-order valence-corrected chi connectivity index (χ3v) is 5.18. The van der Waals surface area contributed by atoms with Gasteiger partial charge < -0.3 is 19.9 Å². The predicted octanol–water partition coefficient (Wildman–Crippen LogP) is 1.70. The Morgan fingerprint density at radius 3 is 2.48 bits per heavy atom. The second-order valence-electron chi connectivity index (χ2n) is 7.04. The van der Waals surface area contributed by atoms with Gasteiger partial charge in [-0.05, 0) is 37.3 Å². The van der Waals surface area contributed by atoms with Crippen LogP contribution in [0.15, 0.2) is 24.3 Å². The first-order chi connectivity index (χ1) is 13.1. The van der Waals surface area contributed by atoms with Crippen molar-refractivity contribution < 1.29 is 19.1 Å². The number of carbonyl (C=O) groups is 3. The molecule has 0 unspecified atom stereocenters. The molecule has 0 saturated carbocycles. The van der Waals surface area contributed by atoms with Gasteiger partial charge in [-0.1, -0.05) is 24.3 Å². The number of likely N-dealkylation sites (tertiary alicyclic amines) is 1. The van der Waals surface area contributed by atoms with E-state index >= 15 is 0 Å². The van der Waals surface area contributed by atoms with E-state index in [-0.39, 0.29) is 30.4 Å². The van der Waals surface area contributed by atoms with Crippen LogP contribution in [0.2, 0.25) is 0 Å². The SMILES string of the molecule is CCOC(=O)N1CCC(NC(=O)CC(=O)N2CCc3ccccc3C2)CC1. The number of hydrogen-bond donors (Lipinski definition) is 1. The summed E-state index contributed by atoms with van der Waals surface area (Å²) in [6.07, 6.45) is 1.75. The summed E-state index contributed by atoms with van der Waals surface area (Å²) in [4.78, 5) is 39.8. The van der Waals surface area contributed by atoms with Crippen LogP contribution in [0.25, 0.3) is 0 Å². The number of benzene rings is 1. The predicted molar refractivity (Wildman–Crippen MR) is 99.9 cm³/mol. The molecule has 3 rings (SSSR count). The lowest BCUT2D eigenvalue weighted by Crippen LogP contribution is -2.47. The maximum Gasteiger partial charge on any atom is 0.409 e. The number of piperidine rings is 1. The van der Waals surface area contributed by atoms with Crippen molar-refractivity contribution in [3.05, 3.63) is 35.4 Å². The average molecular weight is 373 g/mol. The van der Waals surface area contributed by atoms with Crippen LogP contribution in [0, 0.1) is 0 Å². The summed E-state index contributed by atoms with van der Waals surface area (Å²) in [5, 5.41) is 2.93. The van der Waals surface area contributed by atoms with E-state index in [0.717, 1.165) is 12.0 Å². The van der Waals surface area contributed by atoms with Crippen LogP contribution < -0.4 is 5.32 Å². The largest absolute Gasteiger partial charge is 0.450 e. The van der Waals surface area contributed by atoms with E-state index in [1.807, 2.05) is 18.2 Å². The summed E-state index contributed by atoms with van der Waals surface area (Å²) in [6, 6.07) is 8.11. The van der Waals surface area contributed by atoms with Crippen molar-refractivity contribution in [1.29, 1.82) is 0 Å². The van der Waals surface area contributed by atoms with Crippen LogP contribution in [0.3, 0.4) is 0 Å². The van der Waals surface area contributed by atoms with Gasteiger partial charge in [0.2, 0.25) is 11.8 Å². The molecule has 1 fully saturated rings. The molecule has 0 aliphatic carbocycles. The van der Waals surface area contributed by atoms with Gasteiger partial charge in [-0.15, -0.1) is 0 Å². The third-order valence-electron chi connectivity index (χ3n) is 5.18. The monoisotopic (exact) mass is 373 g/mol. The Bertz CT molecular complexity index is 698.